The van der Waals surface area contributed by atoms with Crippen molar-refractivity contribution in [3.63, 3.8) is 0 Å². The van der Waals surface area contributed by atoms with E-state index < -0.39 is 0 Å². The third-order valence-corrected chi connectivity index (χ3v) is 3.78. The van der Waals surface area contributed by atoms with Crippen molar-refractivity contribution in [1.82, 2.24) is 9.78 Å². The van der Waals surface area contributed by atoms with Crippen LogP contribution in [0.4, 0.5) is 5.82 Å². The third kappa shape index (κ3) is 2.22. The molecule has 1 heterocycles. The predicted octanol–water partition coefficient (Wildman–Crippen LogP) is 2.78. The number of carbonyl (C=O) groups excluding carboxylic acids is 1. The minimum absolute atomic E-state index is 0.0606. The first-order valence-corrected chi connectivity index (χ1v) is 6.99. The Morgan fingerprint density at radius 2 is 1.90 bits per heavy atom. The first-order valence-electron chi connectivity index (χ1n) is 6.99. The molecule has 0 unspecified atom stereocenters. The number of rotatable bonds is 2. The Labute approximate surface area is 118 Å². The highest BCUT2D eigenvalue weighted by atomic mass is 16.1. The minimum atomic E-state index is -0.0606. The van der Waals surface area contributed by atoms with Gasteiger partial charge in [-0.2, -0.15) is 5.10 Å². The van der Waals surface area contributed by atoms with Gasteiger partial charge in [0.25, 0.3) is 5.91 Å². The number of anilines is 1. The molecule has 0 bridgehead atoms. The van der Waals surface area contributed by atoms with E-state index in [2.05, 4.69) is 16.5 Å². The Kier molecular flexibility index (Phi) is 3.08. The summed E-state index contributed by atoms with van der Waals surface area (Å²) in [5.74, 6) is 0.788. The monoisotopic (exact) mass is 269 g/mol. The van der Waals surface area contributed by atoms with Crippen LogP contribution in [0.25, 0.3) is 0 Å². The largest absolute Gasteiger partial charge is 0.307 e. The zero-order valence-electron chi connectivity index (χ0n) is 12.2. The molecule has 20 heavy (non-hydrogen) atoms. The lowest BCUT2D eigenvalue weighted by molar-refractivity contribution is 0.102. The second kappa shape index (κ2) is 4.78. The molecule has 4 heteroatoms. The molecule has 0 saturated heterocycles. The number of carbonyl (C=O) groups is 1. The molecule has 0 spiro atoms. The summed E-state index contributed by atoms with van der Waals surface area (Å²) in [6, 6.07) is 5.90. The molecule has 104 valence electrons. The van der Waals surface area contributed by atoms with Crippen LogP contribution in [0.1, 0.15) is 39.2 Å². The summed E-state index contributed by atoms with van der Waals surface area (Å²) in [5.41, 5.74) is 5.24. The summed E-state index contributed by atoms with van der Waals surface area (Å²) in [7, 11) is 1.88. The first-order chi connectivity index (χ1) is 9.54. The fourth-order valence-corrected chi connectivity index (χ4v) is 2.96. The van der Waals surface area contributed by atoms with E-state index in [0.29, 0.717) is 5.56 Å². The third-order valence-electron chi connectivity index (χ3n) is 3.78. The van der Waals surface area contributed by atoms with Gasteiger partial charge < -0.3 is 5.32 Å². The lowest BCUT2D eigenvalue weighted by atomic mass is 10.1. The van der Waals surface area contributed by atoms with Crippen LogP contribution in [0, 0.1) is 13.8 Å². The standard InChI is InChI=1S/C16H19N3O/c1-10-7-11(2)9-12(8-10)16(20)17-15-13-5-4-6-14(13)18-19(15)3/h7-9H,4-6H2,1-3H3,(H,17,20). The van der Waals surface area contributed by atoms with E-state index in [1.807, 2.05) is 33.0 Å². The number of nitrogens with zero attached hydrogens (tertiary/aromatic N) is 2. The summed E-state index contributed by atoms with van der Waals surface area (Å²) < 4.78 is 1.78. The molecule has 0 saturated carbocycles. The lowest BCUT2D eigenvalue weighted by Gasteiger charge is -2.09. The Morgan fingerprint density at radius 3 is 2.60 bits per heavy atom. The van der Waals surface area contributed by atoms with Crippen molar-refractivity contribution in [1.29, 1.82) is 0 Å². The van der Waals surface area contributed by atoms with E-state index in [1.54, 1.807) is 4.68 Å². The van der Waals surface area contributed by atoms with Crippen LogP contribution < -0.4 is 5.32 Å². The molecular formula is C16H19N3O. The first kappa shape index (κ1) is 12.9. The quantitative estimate of drug-likeness (QED) is 0.911. The van der Waals surface area contributed by atoms with Crippen LogP contribution in [0.2, 0.25) is 0 Å². The van der Waals surface area contributed by atoms with Gasteiger partial charge in [0, 0.05) is 18.2 Å². The zero-order chi connectivity index (χ0) is 14.3. The number of amides is 1. The summed E-state index contributed by atoms with van der Waals surface area (Å²) >= 11 is 0. The molecule has 1 N–H and O–H groups in total. The second-order valence-corrected chi connectivity index (χ2v) is 5.58. The Hall–Kier alpha value is -2.10. The number of aryl methyl sites for hydroxylation is 4. The molecule has 0 radical (unpaired) electrons. The van der Waals surface area contributed by atoms with Crippen molar-refractivity contribution < 1.29 is 4.79 Å². The lowest BCUT2D eigenvalue weighted by Crippen LogP contribution is -2.16. The van der Waals surface area contributed by atoms with Gasteiger partial charge in [-0.25, -0.2) is 0 Å². The van der Waals surface area contributed by atoms with E-state index in [-0.39, 0.29) is 5.91 Å². The van der Waals surface area contributed by atoms with E-state index in [1.165, 1.54) is 5.56 Å². The van der Waals surface area contributed by atoms with Crippen LogP contribution in [0.3, 0.4) is 0 Å². The molecule has 1 amide bonds. The van der Waals surface area contributed by atoms with Crippen LogP contribution in [0.15, 0.2) is 18.2 Å². The van der Waals surface area contributed by atoms with Gasteiger partial charge >= 0.3 is 0 Å². The number of nitrogens with one attached hydrogen (secondary N) is 1. The van der Waals surface area contributed by atoms with Crippen molar-refractivity contribution in [3.05, 3.63) is 46.1 Å². The minimum Gasteiger partial charge on any atom is -0.307 e. The van der Waals surface area contributed by atoms with Gasteiger partial charge in [-0.15, -0.1) is 0 Å². The van der Waals surface area contributed by atoms with Crippen molar-refractivity contribution in [3.8, 4) is 0 Å². The summed E-state index contributed by atoms with van der Waals surface area (Å²) in [6.07, 6.45) is 3.15. The van der Waals surface area contributed by atoms with Gasteiger partial charge in [0.1, 0.15) is 5.82 Å². The van der Waals surface area contributed by atoms with Gasteiger partial charge in [0.2, 0.25) is 0 Å². The van der Waals surface area contributed by atoms with Gasteiger partial charge in [0.15, 0.2) is 0 Å². The number of aromatic nitrogens is 2. The van der Waals surface area contributed by atoms with Crippen LogP contribution >= 0.6 is 0 Å². The zero-order valence-corrected chi connectivity index (χ0v) is 12.2. The van der Waals surface area contributed by atoms with E-state index >= 15 is 0 Å². The van der Waals surface area contributed by atoms with Crippen molar-refractivity contribution in [2.24, 2.45) is 7.05 Å². The number of hydrogen-bond acceptors (Lipinski definition) is 2. The van der Waals surface area contributed by atoms with E-state index in [9.17, 15) is 4.79 Å². The molecule has 0 fully saturated rings. The molecule has 4 nitrogen and oxygen atoms in total. The van der Waals surface area contributed by atoms with Gasteiger partial charge in [-0.05, 0) is 45.2 Å². The maximum atomic E-state index is 12.4. The number of benzene rings is 1. The molecule has 0 aliphatic heterocycles. The normalized spacial score (nSPS) is 13.3. The number of hydrogen-bond donors (Lipinski definition) is 1. The summed E-state index contributed by atoms with van der Waals surface area (Å²) in [4.78, 5) is 12.4. The summed E-state index contributed by atoms with van der Waals surface area (Å²) in [6.45, 7) is 4.01. The van der Waals surface area contributed by atoms with Crippen LogP contribution in [-0.4, -0.2) is 15.7 Å². The van der Waals surface area contributed by atoms with Crippen molar-refractivity contribution in [2.45, 2.75) is 33.1 Å². The average molecular weight is 269 g/mol. The topological polar surface area (TPSA) is 46.9 Å². The fourth-order valence-electron chi connectivity index (χ4n) is 2.96. The van der Waals surface area contributed by atoms with Gasteiger partial charge in [0.05, 0.1) is 5.69 Å². The molecule has 2 aromatic rings. The highest BCUT2D eigenvalue weighted by molar-refractivity contribution is 6.04. The van der Waals surface area contributed by atoms with Crippen molar-refractivity contribution >= 4 is 11.7 Å². The Balaban J connectivity index is 1.90. The van der Waals surface area contributed by atoms with Gasteiger partial charge in [-0.1, -0.05) is 17.2 Å². The molecule has 0 atom stereocenters. The predicted molar refractivity (Wildman–Crippen MR) is 79.1 cm³/mol. The molecule has 1 aromatic carbocycles. The smallest absolute Gasteiger partial charge is 0.256 e. The SMILES string of the molecule is Cc1cc(C)cc(C(=O)Nc2c3c(nn2C)CCC3)c1. The molecule has 1 aromatic heterocycles. The molecular weight excluding hydrogens is 250 g/mol. The highest BCUT2D eigenvalue weighted by Gasteiger charge is 2.22. The maximum Gasteiger partial charge on any atom is 0.256 e. The second-order valence-electron chi connectivity index (χ2n) is 5.58. The maximum absolute atomic E-state index is 12.4. The van der Waals surface area contributed by atoms with E-state index in [4.69, 9.17) is 0 Å². The van der Waals surface area contributed by atoms with Crippen LogP contribution in [-0.2, 0) is 19.9 Å². The Morgan fingerprint density at radius 1 is 1.20 bits per heavy atom. The fraction of sp³-hybridized carbons (Fsp3) is 0.375. The highest BCUT2D eigenvalue weighted by Crippen LogP contribution is 2.28. The van der Waals surface area contributed by atoms with Crippen LogP contribution in [0.5, 0.6) is 0 Å². The van der Waals surface area contributed by atoms with Crippen molar-refractivity contribution in [2.75, 3.05) is 5.32 Å². The van der Waals surface area contributed by atoms with Gasteiger partial charge in [-0.3, -0.25) is 9.48 Å². The molecule has 1 aliphatic rings. The Bertz CT molecular complexity index is 665. The van der Waals surface area contributed by atoms with E-state index in [0.717, 1.165) is 41.9 Å². The molecule has 1 aliphatic carbocycles. The summed E-state index contributed by atoms with van der Waals surface area (Å²) in [5, 5.41) is 7.50. The average Bonchev–Trinajstić information content (AvgIpc) is 2.91. The molecule has 3 rings (SSSR count). The number of fused-ring (bicyclic) bond motifs is 1.